The summed E-state index contributed by atoms with van der Waals surface area (Å²) < 4.78 is 5.29. The summed E-state index contributed by atoms with van der Waals surface area (Å²) in [6.07, 6.45) is 3.40. The molecule has 4 heteroatoms. The van der Waals surface area contributed by atoms with Crippen LogP contribution in [-0.4, -0.2) is 47.8 Å². The van der Waals surface area contributed by atoms with Gasteiger partial charge in [-0.3, -0.25) is 9.69 Å². The first-order valence-electron chi connectivity index (χ1n) is 6.41. The van der Waals surface area contributed by atoms with Gasteiger partial charge in [0.15, 0.2) is 0 Å². The normalized spacial score (nSPS) is 29.9. The lowest BCUT2D eigenvalue weighted by molar-refractivity contribution is -0.147. The van der Waals surface area contributed by atoms with E-state index in [2.05, 4.69) is 11.0 Å². The Kier molecular flexibility index (Phi) is 3.84. The summed E-state index contributed by atoms with van der Waals surface area (Å²) in [6, 6.07) is 0.0831. The molecular weight excluding hydrogens is 218 g/mol. The van der Waals surface area contributed by atoms with Gasteiger partial charge >= 0.3 is 5.97 Å². The number of carbonyl (C=O) groups excluding carboxylic acids is 1. The highest BCUT2D eigenvalue weighted by Crippen LogP contribution is 2.29. The number of hydrogen-bond donors (Lipinski definition) is 1. The Morgan fingerprint density at radius 1 is 1.71 bits per heavy atom. The van der Waals surface area contributed by atoms with Crippen LogP contribution in [0.2, 0.25) is 0 Å². The molecule has 0 spiro atoms. The maximum Gasteiger partial charge on any atom is 0.308 e. The zero-order chi connectivity index (χ0) is 12.4. The van der Waals surface area contributed by atoms with E-state index in [1.165, 1.54) is 0 Å². The smallest absolute Gasteiger partial charge is 0.308 e. The molecule has 96 valence electrons. The molecule has 2 rings (SSSR count). The summed E-state index contributed by atoms with van der Waals surface area (Å²) in [5.41, 5.74) is 1.06. The van der Waals surface area contributed by atoms with E-state index in [1.807, 2.05) is 13.8 Å². The van der Waals surface area contributed by atoms with Gasteiger partial charge in [-0.15, -0.1) is 0 Å². The molecule has 1 unspecified atom stereocenters. The standard InChI is InChI=1S/C13H21NO3/c1-3-9(2)13(16)17-8-10-4-6-14-7-5-11(15)12(10)14/h4,9,11-12,15H,3,5-8H2,1-2H3/t9?,11-,12-/m1/s1. The van der Waals surface area contributed by atoms with E-state index >= 15 is 0 Å². The number of carbonyl (C=O) groups is 1. The minimum absolute atomic E-state index is 0.0402. The van der Waals surface area contributed by atoms with Gasteiger partial charge in [0.1, 0.15) is 6.61 Å². The molecule has 2 aliphatic rings. The topological polar surface area (TPSA) is 49.8 Å². The van der Waals surface area contributed by atoms with Crippen LogP contribution < -0.4 is 0 Å². The largest absolute Gasteiger partial charge is 0.461 e. The van der Waals surface area contributed by atoms with E-state index in [1.54, 1.807) is 0 Å². The highest BCUT2D eigenvalue weighted by molar-refractivity contribution is 5.72. The van der Waals surface area contributed by atoms with Crippen LogP contribution in [0.3, 0.4) is 0 Å². The average Bonchev–Trinajstić information content (AvgIpc) is 2.89. The van der Waals surface area contributed by atoms with Crippen LogP contribution in [0.5, 0.6) is 0 Å². The second-order valence-corrected chi connectivity index (χ2v) is 4.99. The molecule has 1 fully saturated rings. The van der Waals surface area contributed by atoms with Crippen molar-refractivity contribution in [3.05, 3.63) is 11.6 Å². The molecule has 0 radical (unpaired) electrons. The van der Waals surface area contributed by atoms with Crippen molar-refractivity contribution in [2.75, 3.05) is 19.7 Å². The Bertz CT molecular complexity index is 327. The molecule has 17 heavy (non-hydrogen) atoms. The molecule has 1 N–H and O–H groups in total. The Morgan fingerprint density at radius 2 is 2.47 bits per heavy atom. The van der Waals surface area contributed by atoms with Crippen LogP contribution >= 0.6 is 0 Å². The minimum Gasteiger partial charge on any atom is -0.461 e. The summed E-state index contributed by atoms with van der Waals surface area (Å²) in [5.74, 6) is -0.180. The maximum atomic E-state index is 11.6. The van der Waals surface area contributed by atoms with E-state index in [9.17, 15) is 9.90 Å². The number of esters is 1. The summed E-state index contributed by atoms with van der Waals surface area (Å²) in [5, 5.41) is 9.87. The van der Waals surface area contributed by atoms with Crippen LogP contribution in [0.1, 0.15) is 26.7 Å². The first-order valence-corrected chi connectivity index (χ1v) is 6.41. The molecule has 0 bridgehead atoms. The lowest BCUT2D eigenvalue weighted by atomic mass is 10.1. The van der Waals surface area contributed by atoms with Gasteiger partial charge in [-0.1, -0.05) is 19.9 Å². The summed E-state index contributed by atoms with van der Waals surface area (Å²) >= 11 is 0. The molecule has 3 atom stereocenters. The van der Waals surface area contributed by atoms with Gasteiger partial charge in [0.25, 0.3) is 0 Å². The SMILES string of the molecule is CCC(C)C(=O)OCC1=CCN2CC[C@@H](O)[C@@H]12. The van der Waals surface area contributed by atoms with Crippen LogP contribution in [-0.2, 0) is 9.53 Å². The van der Waals surface area contributed by atoms with E-state index in [4.69, 9.17) is 4.74 Å². The number of aliphatic hydroxyl groups is 1. The molecule has 0 aromatic heterocycles. The first kappa shape index (κ1) is 12.6. The lowest BCUT2D eigenvalue weighted by Crippen LogP contribution is -2.33. The molecule has 0 saturated carbocycles. The Morgan fingerprint density at radius 3 is 3.18 bits per heavy atom. The number of ether oxygens (including phenoxy) is 1. The van der Waals surface area contributed by atoms with Gasteiger partial charge in [-0.25, -0.2) is 0 Å². The molecular formula is C13H21NO3. The van der Waals surface area contributed by atoms with Gasteiger partial charge in [0, 0.05) is 13.1 Å². The number of nitrogens with zero attached hydrogens (tertiary/aromatic N) is 1. The monoisotopic (exact) mass is 239 g/mol. The van der Waals surface area contributed by atoms with Crippen LogP contribution in [0, 0.1) is 5.92 Å². The fourth-order valence-electron chi connectivity index (χ4n) is 2.49. The zero-order valence-electron chi connectivity index (χ0n) is 10.6. The number of hydrogen-bond acceptors (Lipinski definition) is 4. The number of fused-ring (bicyclic) bond motifs is 1. The molecule has 1 saturated heterocycles. The fraction of sp³-hybridized carbons (Fsp3) is 0.769. The fourth-order valence-corrected chi connectivity index (χ4v) is 2.49. The summed E-state index contributed by atoms with van der Waals surface area (Å²) in [7, 11) is 0. The van der Waals surface area contributed by atoms with Crippen LogP contribution in [0.25, 0.3) is 0 Å². The quantitative estimate of drug-likeness (QED) is 0.586. The van der Waals surface area contributed by atoms with Crippen molar-refractivity contribution in [3.8, 4) is 0 Å². The third-order valence-electron chi connectivity index (χ3n) is 3.83. The average molecular weight is 239 g/mol. The Balaban J connectivity index is 1.86. The van der Waals surface area contributed by atoms with Gasteiger partial charge in [0.05, 0.1) is 18.1 Å². The van der Waals surface area contributed by atoms with E-state index < -0.39 is 0 Å². The lowest BCUT2D eigenvalue weighted by Gasteiger charge is -2.21. The predicted octanol–water partition coefficient (Wildman–Crippen LogP) is 0.951. The predicted molar refractivity (Wildman–Crippen MR) is 64.5 cm³/mol. The molecule has 2 heterocycles. The highest BCUT2D eigenvalue weighted by atomic mass is 16.5. The molecule has 0 aromatic carbocycles. The minimum atomic E-state index is -0.300. The van der Waals surface area contributed by atoms with Crippen molar-refractivity contribution >= 4 is 5.97 Å². The van der Waals surface area contributed by atoms with Crippen molar-refractivity contribution in [2.24, 2.45) is 5.92 Å². The van der Waals surface area contributed by atoms with E-state index in [0.717, 1.165) is 31.5 Å². The van der Waals surface area contributed by atoms with Gasteiger partial charge in [-0.2, -0.15) is 0 Å². The maximum absolute atomic E-state index is 11.6. The molecule has 0 aromatic rings. The third kappa shape index (κ3) is 2.53. The molecule has 0 aliphatic carbocycles. The first-order chi connectivity index (χ1) is 8.13. The van der Waals surface area contributed by atoms with E-state index in [-0.39, 0.29) is 24.0 Å². The number of aliphatic hydroxyl groups excluding tert-OH is 1. The summed E-state index contributed by atoms with van der Waals surface area (Å²) in [6.45, 7) is 6.00. The van der Waals surface area contributed by atoms with Gasteiger partial charge in [-0.05, 0) is 18.4 Å². The van der Waals surface area contributed by atoms with Crippen molar-refractivity contribution in [1.29, 1.82) is 0 Å². The Labute approximate surface area is 102 Å². The second kappa shape index (κ2) is 5.19. The van der Waals surface area contributed by atoms with Crippen LogP contribution in [0.4, 0.5) is 0 Å². The van der Waals surface area contributed by atoms with Gasteiger partial charge in [0.2, 0.25) is 0 Å². The highest BCUT2D eigenvalue weighted by Gasteiger charge is 2.38. The third-order valence-corrected chi connectivity index (χ3v) is 3.83. The second-order valence-electron chi connectivity index (χ2n) is 4.99. The molecule has 0 amide bonds. The van der Waals surface area contributed by atoms with Crippen molar-refractivity contribution < 1.29 is 14.6 Å². The van der Waals surface area contributed by atoms with Gasteiger partial charge < -0.3 is 9.84 Å². The zero-order valence-corrected chi connectivity index (χ0v) is 10.6. The molecule has 2 aliphatic heterocycles. The van der Waals surface area contributed by atoms with E-state index in [0.29, 0.717) is 6.61 Å². The number of rotatable bonds is 4. The van der Waals surface area contributed by atoms with Crippen molar-refractivity contribution in [2.45, 2.75) is 38.8 Å². The van der Waals surface area contributed by atoms with Crippen LogP contribution in [0.15, 0.2) is 11.6 Å². The Hall–Kier alpha value is -0.870. The molecule has 4 nitrogen and oxygen atoms in total. The van der Waals surface area contributed by atoms with Crippen molar-refractivity contribution in [3.63, 3.8) is 0 Å². The summed E-state index contributed by atoms with van der Waals surface area (Å²) in [4.78, 5) is 13.8. The van der Waals surface area contributed by atoms with Crippen molar-refractivity contribution in [1.82, 2.24) is 4.90 Å².